The maximum atomic E-state index is 11.9. The number of hydrogen-bond acceptors (Lipinski definition) is 4. The fraction of sp³-hybridized carbons (Fsp3) is 0.333. The van der Waals surface area contributed by atoms with Gasteiger partial charge < -0.3 is 25.5 Å². The maximum absolute atomic E-state index is 11.9. The van der Waals surface area contributed by atoms with Gasteiger partial charge in [0.05, 0.1) is 30.9 Å². The van der Waals surface area contributed by atoms with E-state index in [4.69, 9.17) is 5.11 Å². The highest BCUT2D eigenvalue weighted by Crippen LogP contribution is 2.21. The van der Waals surface area contributed by atoms with Gasteiger partial charge in [0.1, 0.15) is 0 Å². The predicted molar refractivity (Wildman–Crippen MR) is 73.7 cm³/mol. The summed E-state index contributed by atoms with van der Waals surface area (Å²) in [6, 6.07) is 3.80. The number of anilines is 1. The van der Waals surface area contributed by atoms with E-state index < -0.39 is 24.2 Å². The zero-order valence-electron chi connectivity index (χ0n) is 10.3. The average Bonchev–Trinajstić information content (AvgIpc) is 2.69. The van der Waals surface area contributed by atoms with Gasteiger partial charge in [-0.15, -0.1) is 0 Å². The Bertz CT molecular complexity index is 541. The molecule has 2 unspecified atom stereocenters. The van der Waals surface area contributed by atoms with Crippen molar-refractivity contribution >= 4 is 33.6 Å². The van der Waals surface area contributed by atoms with Crippen molar-refractivity contribution in [3.63, 3.8) is 0 Å². The molecule has 2 amide bonds. The summed E-state index contributed by atoms with van der Waals surface area (Å²) in [5.74, 6) is -1.10. The fourth-order valence-corrected chi connectivity index (χ4v) is 2.42. The van der Waals surface area contributed by atoms with Crippen molar-refractivity contribution in [1.82, 2.24) is 4.90 Å². The van der Waals surface area contributed by atoms with E-state index in [1.54, 1.807) is 6.07 Å². The summed E-state index contributed by atoms with van der Waals surface area (Å²) in [5.41, 5.74) is 0.355. The number of likely N-dealkylation sites (tertiary alicyclic amines) is 1. The van der Waals surface area contributed by atoms with Crippen LogP contribution in [0.4, 0.5) is 10.5 Å². The zero-order valence-corrected chi connectivity index (χ0v) is 11.9. The molecule has 4 N–H and O–H groups in total. The molecule has 1 fully saturated rings. The number of benzene rings is 1. The number of nitrogens with one attached hydrogen (secondary N) is 1. The molecule has 1 aromatic carbocycles. The predicted octanol–water partition coefficient (Wildman–Crippen LogP) is 0.717. The SMILES string of the molecule is O=C(O)c1cc(Br)cc(NC(=O)N2CC(O)C(O)C2)c1. The lowest BCUT2D eigenvalue weighted by atomic mass is 10.2. The molecule has 1 aromatic rings. The van der Waals surface area contributed by atoms with Gasteiger partial charge in [-0.1, -0.05) is 15.9 Å². The molecule has 1 heterocycles. The molecule has 1 saturated heterocycles. The minimum Gasteiger partial charge on any atom is -0.478 e. The van der Waals surface area contributed by atoms with Crippen molar-refractivity contribution in [2.24, 2.45) is 0 Å². The van der Waals surface area contributed by atoms with E-state index in [0.29, 0.717) is 10.2 Å². The van der Waals surface area contributed by atoms with Crippen LogP contribution >= 0.6 is 15.9 Å². The number of nitrogens with zero attached hydrogens (tertiary/aromatic N) is 1. The minimum absolute atomic E-state index is 0.0345. The van der Waals surface area contributed by atoms with E-state index in [0.717, 1.165) is 0 Å². The van der Waals surface area contributed by atoms with E-state index in [2.05, 4.69) is 21.2 Å². The monoisotopic (exact) mass is 344 g/mol. The first-order chi connectivity index (χ1) is 9.36. The molecule has 1 aliphatic rings. The second-order valence-electron chi connectivity index (χ2n) is 4.50. The highest BCUT2D eigenvalue weighted by atomic mass is 79.9. The van der Waals surface area contributed by atoms with Crippen molar-refractivity contribution in [3.05, 3.63) is 28.2 Å². The average molecular weight is 345 g/mol. The van der Waals surface area contributed by atoms with Gasteiger partial charge in [-0.05, 0) is 18.2 Å². The summed E-state index contributed by atoms with van der Waals surface area (Å²) >= 11 is 3.17. The second kappa shape index (κ2) is 5.78. The molecule has 108 valence electrons. The van der Waals surface area contributed by atoms with Crippen LogP contribution in [-0.4, -0.2) is 57.5 Å². The van der Waals surface area contributed by atoms with Gasteiger partial charge in [0.25, 0.3) is 0 Å². The van der Waals surface area contributed by atoms with Crippen LogP contribution in [0.15, 0.2) is 22.7 Å². The lowest BCUT2D eigenvalue weighted by Gasteiger charge is -2.16. The first kappa shape index (κ1) is 14.8. The van der Waals surface area contributed by atoms with Crippen molar-refractivity contribution in [1.29, 1.82) is 0 Å². The standard InChI is InChI=1S/C12H13BrN2O5/c13-7-1-6(11(18)19)2-8(3-7)14-12(20)15-4-9(16)10(17)5-15/h1-3,9-10,16-17H,4-5H2,(H,14,20)(H,18,19). The Balaban J connectivity index is 2.10. The van der Waals surface area contributed by atoms with Gasteiger partial charge in [0.2, 0.25) is 0 Å². The molecule has 20 heavy (non-hydrogen) atoms. The first-order valence-corrected chi connectivity index (χ1v) is 6.62. The van der Waals surface area contributed by atoms with Crippen LogP contribution in [0, 0.1) is 0 Å². The van der Waals surface area contributed by atoms with Gasteiger partial charge in [0, 0.05) is 10.2 Å². The molecule has 0 aromatic heterocycles. The molecule has 0 aliphatic carbocycles. The quantitative estimate of drug-likeness (QED) is 0.631. The van der Waals surface area contributed by atoms with Crippen LogP contribution in [-0.2, 0) is 0 Å². The Labute approximate surface area is 122 Å². The number of carboxylic acids is 1. The summed E-state index contributed by atoms with van der Waals surface area (Å²) in [4.78, 5) is 24.1. The Morgan fingerprint density at radius 3 is 2.35 bits per heavy atom. The summed E-state index contributed by atoms with van der Waals surface area (Å²) in [6.45, 7) is 0.0690. The number of rotatable bonds is 2. The molecule has 0 spiro atoms. The lowest BCUT2D eigenvalue weighted by Crippen LogP contribution is -2.34. The third kappa shape index (κ3) is 3.27. The van der Waals surface area contributed by atoms with E-state index in [1.807, 2.05) is 0 Å². The van der Waals surface area contributed by atoms with Crippen molar-refractivity contribution in [2.45, 2.75) is 12.2 Å². The number of aliphatic hydroxyl groups excluding tert-OH is 2. The van der Waals surface area contributed by atoms with Crippen LogP contribution < -0.4 is 5.32 Å². The van der Waals surface area contributed by atoms with E-state index >= 15 is 0 Å². The summed E-state index contributed by atoms with van der Waals surface area (Å²) in [7, 11) is 0. The number of aromatic carboxylic acids is 1. The van der Waals surface area contributed by atoms with Crippen molar-refractivity contribution in [2.75, 3.05) is 18.4 Å². The van der Waals surface area contributed by atoms with Crippen LogP contribution in [0.5, 0.6) is 0 Å². The van der Waals surface area contributed by atoms with Gasteiger partial charge in [-0.25, -0.2) is 9.59 Å². The number of carboxylic acid groups (broad SMARTS) is 1. The number of carbonyl (C=O) groups is 2. The molecule has 0 bridgehead atoms. The number of halogens is 1. The third-order valence-electron chi connectivity index (χ3n) is 2.94. The number of hydrogen-bond donors (Lipinski definition) is 4. The lowest BCUT2D eigenvalue weighted by molar-refractivity contribution is 0.0572. The van der Waals surface area contributed by atoms with E-state index in [1.165, 1.54) is 17.0 Å². The van der Waals surface area contributed by atoms with Crippen LogP contribution in [0.25, 0.3) is 0 Å². The second-order valence-corrected chi connectivity index (χ2v) is 5.42. The minimum atomic E-state index is -1.10. The smallest absolute Gasteiger partial charge is 0.335 e. The molecular formula is C12H13BrN2O5. The largest absolute Gasteiger partial charge is 0.478 e. The van der Waals surface area contributed by atoms with Gasteiger partial charge in [0.15, 0.2) is 0 Å². The van der Waals surface area contributed by atoms with Gasteiger partial charge in [-0.3, -0.25) is 0 Å². The number of urea groups is 1. The Morgan fingerprint density at radius 2 is 1.80 bits per heavy atom. The summed E-state index contributed by atoms with van der Waals surface area (Å²) in [6.07, 6.45) is -1.92. The molecule has 2 atom stereocenters. The Morgan fingerprint density at radius 1 is 1.20 bits per heavy atom. The highest BCUT2D eigenvalue weighted by molar-refractivity contribution is 9.10. The number of carbonyl (C=O) groups excluding carboxylic acids is 1. The number of β-amino-alcohol motifs (C(OH)–C–C–N with tert-alkyl or cyclic N) is 2. The first-order valence-electron chi connectivity index (χ1n) is 5.83. The molecule has 1 aliphatic heterocycles. The topological polar surface area (TPSA) is 110 Å². The molecule has 0 radical (unpaired) electrons. The Hall–Kier alpha value is -1.64. The molecule has 0 saturated carbocycles. The van der Waals surface area contributed by atoms with Crippen LogP contribution in [0.3, 0.4) is 0 Å². The number of aliphatic hydroxyl groups is 2. The Kier molecular flexibility index (Phi) is 4.26. The van der Waals surface area contributed by atoms with Gasteiger partial charge in [-0.2, -0.15) is 0 Å². The highest BCUT2D eigenvalue weighted by Gasteiger charge is 2.32. The van der Waals surface area contributed by atoms with Crippen molar-refractivity contribution in [3.8, 4) is 0 Å². The maximum Gasteiger partial charge on any atom is 0.335 e. The molecule has 2 rings (SSSR count). The fourth-order valence-electron chi connectivity index (χ4n) is 1.92. The van der Waals surface area contributed by atoms with E-state index in [-0.39, 0.29) is 18.7 Å². The molecular weight excluding hydrogens is 332 g/mol. The normalized spacial score (nSPS) is 21.9. The summed E-state index contributed by atoms with van der Waals surface area (Å²) in [5, 5.41) is 30.2. The van der Waals surface area contributed by atoms with Crippen LogP contribution in [0.2, 0.25) is 0 Å². The zero-order chi connectivity index (χ0) is 14.9. The van der Waals surface area contributed by atoms with Crippen LogP contribution in [0.1, 0.15) is 10.4 Å². The van der Waals surface area contributed by atoms with E-state index in [9.17, 15) is 19.8 Å². The third-order valence-corrected chi connectivity index (χ3v) is 3.40. The molecule has 8 heteroatoms. The molecule has 7 nitrogen and oxygen atoms in total. The van der Waals surface area contributed by atoms with Crippen molar-refractivity contribution < 1.29 is 24.9 Å². The summed E-state index contributed by atoms with van der Waals surface area (Å²) < 4.78 is 0.522. The number of amides is 2. The van der Waals surface area contributed by atoms with Gasteiger partial charge >= 0.3 is 12.0 Å².